The lowest BCUT2D eigenvalue weighted by atomic mass is 10.0. The number of piperidine rings is 1. The molecule has 5 aromatic heterocycles. The lowest BCUT2D eigenvalue weighted by molar-refractivity contribution is -0.130. The van der Waals surface area contributed by atoms with Gasteiger partial charge in [-0.2, -0.15) is 5.10 Å². The lowest BCUT2D eigenvalue weighted by Gasteiger charge is -2.31. The number of thiophene rings is 1. The first kappa shape index (κ1) is 20.7. The van der Waals surface area contributed by atoms with Gasteiger partial charge >= 0.3 is 0 Å². The molecule has 0 saturated carbocycles. The van der Waals surface area contributed by atoms with Crippen molar-refractivity contribution in [3.63, 3.8) is 0 Å². The van der Waals surface area contributed by atoms with Crippen LogP contribution in [-0.2, 0) is 4.79 Å². The second-order valence-corrected chi connectivity index (χ2v) is 9.65. The number of anilines is 2. The first-order valence-corrected chi connectivity index (χ1v) is 11.9. The molecular weight excluding hydrogens is 450 g/mol. The van der Waals surface area contributed by atoms with Crippen molar-refractivity contribution >= 4 is 49.1 Å². The quantitative estimate of drug-likeness (QED) is 0.399. The van der Waals surface area contributed by atoms with E-state index in [1.54, 1.807) is 25.5 Å². The Balaban J connectivity index is 1.39. The van der Waals surface area contributed by atoms with Gasteiger partial charge in [0.15, 0.2) is 11.4 Å². The second kappa shape index (κ2) is 7.84. The molecule has 6 rings (SSSR count). The molecule has 1 fully saturated rings. The standard InChI is InChI=1S/C24H23N7O2S/c1-13(32)30-6-3-15(4-7-30)31-12-14(9-29-31)18-10-28-23(25)22-17(18)8-19(33-22)21-16-2-5-27-11-20(16)34-24(21)26/h2,5,8-12,15H,3-4,6-7,26H2,1H3,(H2,25,28). The Hall–Kier alpha value is -3.92. The Morgan fingerprint density at radius 3 is 2.79 bits per heavy atom. The molecule has 172 valence electrons. The summed E-state index contributed by atoms with van der Waals surface area (Å²) in [6.07, 6.45) is 11.0. The molecule has 0 atom stereocenters. The predicted octanol–water partition coefficient (Wildman–Crippen LogP) is 4.32. The van der Waals surface area contributed by atoms with E-state index in [0.29, 0.717) is 22.2 Å². The van der Waals surface area contributed by atoms with Crippen molar-refractivity contribution in [1.29, 1.82) is 0 Å². The third-order valence-electron chi connectivity index (χ3n) is 6.55. The fourth-order valence-corrected chi connectivity index (χ4v) is 5.69. The van der Waals surface area contributed by atoms with Crippen molar-refractivity contribution in [1.82, 2.24) is 24.6 Å². The van der Waals surface area contributed by atoms with Crippen LogP contribution in [0.15, 0.2) is 47.5 Å². The number of hydrogen-bond donors (Lipinski definition) is 2. The van der Waals surface area contributed by atoms with E-state index in [9.17, 15) is 4.79 Å². The highest BCUT2D eigenvalue weighted by atomic mass is 32.1. The van der Waals surface area contributed by atoms with E-state index in [-0.39, 0.29) is 11.9 Å². The highest BCUT2D eigenvalue weighted by molar-refractivity contribution is 7.23. The highest BCUT2D eigenvalue weighted by Crippen LogP contribution is 2.44. The van der Waals surface area contributed by atoms with Crippen molar-refractivity contribution in [3.05, 3.63) is 43.1 Å². The fraction of sp³-hybridized carbons (Fsp3) is 0.250. The number of carbonyl (C=O) groups excluding carboxylic acids is 1. The van der Waals surface area contributed by atoms with E-state index < -0.39 is 0 Å². The molecule has 0 radical (unpaired) electrons. The highest BCUT2D eigenvalue weighted by Gasteiger charge is 2.24. The van der Waals surface area contributed by atoms with Crippen molar-refractivity contribution < 1.29 is 9.21 Å². The molecule has 1 aliphatic heterocycles. The molecule has 10 heteroatoms. The molecule has 5 aromatic rings. The summed E-state index contributed by atoms with van der Waals surface area (Å²) in [6, 6.07) is 4.17. The zero-order valence-electron chi connectivity index (χ0n) is 18.6. The van der Waals surface area contributed by atoms with Crippen LogP contribution in [0.4, 0.5) is 10.8 Å². The number of amides is 1. The number of furan rings is 1. The van der Waals surface area contributed by atoms with Crippen LogP contribution in [0.25, 0.3) is 43.5 Å². The normalized spacial score (nSPS) is 14.9. The van der Waals surface area contributed by atoms with Gasteiger partial charge in [0.2, 0.25) is 5.91 Å². The molecule has 1 saturated heterocycles. The van der Waals surface area contributed by atoms with E-state index >= 15 is 0 Å². The number of nitrogens with two attached hydrogens (primary N) is 2. The summed E-state index contributed by atoms with van der Waals surface area (Å²) in [6.45, 7) is 3.12. The Bertz CT molecular complexity index is 1540. The van der Waals surface area contributed by atoms with Gasteiger partial charge in [-0.05, 0) is 25.0 Å². The molecular formula is C24H23N7O2S. The number of nitrogens with zero attached hydrogens (tertiary/aromatic N) is 5. The van der Waals surface area contributed by atoms with Crippen LogP contribution in [-0.4, -0.2) is 43.6 Å². The maximum atomic E-state index is 11.6. The van der Waals surface area contributed by atoms with Crippen LogP contribution in [0, 0.1) is 0 Å². The molecule has 0 aliphatic carbocycles. The largest absolute Gasteiger partial charge is 0.452 e. The lowest BCUT2D eigenvalue weighted by Crippen LogP contribution is -2.37. The molecule has 9 nitrogen and oxygen atoms in total. The van der Waals surface area contributed by atoms with Crippen molar-refractivity contribution in [2.45, 2.75) is 25.8 Å². The van der Waals surface area contributed by atoms with Gasteiger partial charge in [0.1, 0.15) is 5.76 Å². The van der Waals surface area contributed by atoms with E-state index in [2.05, 4.69) is 15.1 Å². The van der Waals surface area contributed by atoms with Gasteiger partial charge in [0.05, 0.1) is 27.5 Å². The fourth-order valence-electron chi connectivity index (χ4n) is 4.74. The molecule has 0 aromatic carbocycles. The van der Waals surface area contributed by atoms with Crippen molar-refractivity contribution in [3.8, 4) is 22.5 Å². The number of carbonyl (C=O) groups is 1. The minimum Gasteiger partial charge on any atom is -0.452 e. The Morgan fingerprint density at radius 2 is 2.00 bits per heavy atom. The van der Waals surface area contributed by atoms with Gasteiger partial charge in [-0.15, -0.1) is 11.3 Å². The van der Waals surface area contributed by atoms with Crippen LogP contribution in [0.2, 0.25) is 0 Å². The van der Waals surface area contributed by atoms with Crippen LogP contribution < -0.4 is 11.5 Å². The SMILES string of the molecule is CC(=O)N1CCC(n2cc(-c3cnc(N)c4oc(-c5c(N)sc6cnccc56)cc34)cn2)CC1. The number of nitrogen functional groups attached to an aromatic ring is 2. The van der Waals surface area contributed by atoms with Crippen LogP contribution in [0.5, 0.6) is 0 Å². The van der Waals surface area contributed by atoms with Gasteiger partial charge in [-0.1, -0.05) is 0 Å². The average molecular weight is 474 g/mol. The second-order valence-electron chi connectivity index (χ2n) is 8.57. The van der Waals surface area contributed by atoms with Gasteiger partial charge in [-0.3, -0.25) is 14.5 Å². The Morgan fingerprint density at radius 1 is 1.18 bits per heavy atom. The smallest absolute Gasteiger partial charge is 0.219 e. The van der Waals surface area contributed by atoms with E-state index in [0.717, 1.165) is 58.1 Å². The number of pyridine rings is 2. The monoisotopic (exact) mass is 473 g/mol. The Kier molecular flexibility index (Phi) is 4.77. The van der Waals surface area contributed by atoms with Gasteiger partial charge in [0.25, 0.3) is 0 Å². The zero-order valence-corrected chi connectivity index (χ0v) is 19.4. The number of rotatable bonds is 3. The molecule has 4 N–H and O–H groups in total. The van der Waals surface area contributed by atoms with E-state index in [1.165, 1.54) is 11.3 Å². The number of hydrogen-bond acceptors (Lipinski definition) is 8. The topological polar surface area (TPSA) is 129 Å². The minimum atomic E-state index is 0.126. The minimum absolute atomic E-state index is 0.126. The molecule has 34 heavy (non-hydrogen) atoms. The van der Waals surface area contributed by atoms with E-state index in [4.69, 9.17) is 15.9 Å². The van der Waals surface area contributed by atoms with Crippen LogP contribution in [0.3, 0.4) is 0 Å². The Labute approximate surface area is 199 Å². The molecule has 6 heterocycles. The molecule has 0 unspecified atom stereocenters. The summed E-state index contributed by atoms with van der Waals surface area (Å²) in [5, 5.41) is 7.15. The predicted molar refractivity (Wildman–Crippen MR) is 133 cm³/mol. The zero-order chi connectivity index (χ0) is 23.4. The maximum Gasteiger partial charge on any atom is 0.219 e. The van der Waals surface area contributed by atoms with Crippen LogP contribution in [0.1, 0.15) is 25.8 Å². The summed E-state index contributed by atoms with van der Waals surface area (Å²) >= 11 is 1.48. The molecule has 1 amide bonds. The van der Waals surface area contributed by atoms with Gasteiger partial charge < -0.3 is 20.8 Å². The summed E-state index contributed by atoms with van der Waals surface area (Å²) in [5.74, 6) is 1.10. The van der Waals surface area contributed by atoms with Crippen molar-refractivity contribution in [2.75, 3.05) is 24.6 Å². The number of aromatic nitrogens is 4. The summed E-state index contributed by atoms with van der Waals surface area (Å²) in [5.41, 5.74) is 15.7. The first-order chi connectivity index (χ1) is 16.5. The number of fused-ring (bicyclic) bond motifs is 2. The van der Waals surface area contributed by atoms with Crippen LogP contribution >= 0.6 is 11.3 Å². The molecule has 1 aliphatic rings. The molecule has 0 spiro atoms. The van der Waals surface area contributed by atoms with Gasteiger partial charge in [-0.25, -0.2) is 4.98 Å². The third kappa shape index (κ3) is 3.29. The average Bonchev–Trinajstić information content (AvgIpc) is 3.56. The van der Waals surface area contributed by atoms with Gasteiger partial charge in [0, 0.05) is 66.7 Å². The summed E-state index contributed by atoms with van der Waals surface area (Å²) in [7, 11) is 0. The summed E-state index contributed by atoms with van der Waals surface area (Å²) in [4.78, 5) is 22.1. The number of likely N-dealkylation sites (tertiary alicyclic amines) is 1. The first-order valence-electron chi connectivity index (χ1n) is 11.1. The molecule has 0 bridgehead atoms. The summed E-state index contributed by atoms with van der Waals surface area (Å²) < 4.78 is 9.20. The van der Waals surface area contributed by atoms with Crippen molar-refractivity contribution in [2.24, 2.45) is 0 Å². The maximum absolute atomic E-state index is 11.6. The van der Waals surface area contributed by atoms with E-state index in [1.807, 2.05) is 34.1 Å². The third-order valence-corrected chi connectivity index (χ3v) is 7.52.